The Hall–Kier alpha value is -1.12. The highest BCUT2D eigenvalue weighted by molar-refractivity contribution is 5.17. The van der Waals surface area contributed by atoms with E-state index in [0.29, 0.717) is 0 Å². The third-order valence-electron chi connectivity index (χ3n) is 3.75. The summed E-state index contributed by atoms with van der Waals surface area (Å²) < 4.78 is 0. The first kappa shape index (κ1) is 14.3. The molecule has 0 aromatic heterocycles. The Morgan fingerprint density at radius 1 is 1.11 bits per heavy atom. The topological polar surface area (TPSA) is 12.5 Å². The SMILES string of the molecule is CC(ON1C(C)(C)C=CCC1(C)C)c1ccccc1. The van der Waals surface area contributed by atoms with E-state index in [9.17, 15) is 0 Å². The number of hydrogen-bond acceptors (Lipinski definition) is 2. The van der Waals surface area contributed by atoms with Crippen LogP contribution in [0, 0.1) is 0 Å². The van der Waals surface area contributed by atoms with Gasteiger partial charge < -0.3 is 0 Å². The van der Waals surface area contributed by atoms with Crippen LogP contribution in [0.5, 0.6) is 0 Å². The van der Waals surface area contributed by atoms with Gasteiger partial charge >= 0.3 is 0 Å². The summed E-state index contributed by atoms with van der Waals surface area (Å²) >= 11 is 0. The zero-order valence-electron chi connectivity index (χ0n) is 12.7. The normalized spacial score (nSPS) is 23.2. The first-order valence-corrected chi connectivity index (χ1v) is 7.03. The van der Waals surface area contributed by atoms with Gasteiger partial charge in [-0.05, 0) is 46.6 Å². The summed E-state index contributed by atoms with van der Waals surface area (Å²) in [5, 5.41) is 2.15. The molecule has 1 unspecified atom stereocenters. The van der Waals surface area contributed by atoms with Crippen molar-refractivity contribution in [2.45, 2.75) is 58.2 Å². The van der Waals surface area contributed by atoms with Crippen LogP contribution in [0.4, 0.5) is 0 Å². The van der Waals surface area contributed by atoms with Gasteiger partial charge in [0, 0.05) is 5.54 Å². The van der Waals surface area contributed by atoms with Crippen molar-refractivity contribution in [3.05, 3.63) is 48.0 Å². The van der Waals surface area contributed by atoms with E-state index in [4.69, 9.17) is 4.84 Å². The van der Waals surface area contributed by atoms with E-state index in [0.717, 1.165) is 6.42 Å². The maximum Gasteiger partial charge on any atom is 0.102 e. The van der Waals surface area contributed by atoms with Gasteiger partial charge in [0.25, 0.3) is 0 Å². The van der Waals surface area contributed by atoms with Crippen LogP contribution in [0.1, 0.15) is 52.7 Å². The van der Waals surface area contributed by atoms with Crippen molar-refractivity contribution in [3.63, 3.8) is 0 Å². The largest absolute Gasteiger partial charge is 0.290 e. The van der Waals surface area contributed by atoms with Crippen LogP contribution in [-0.2, 0) is 4.84 Å². The van der Waals surface area contributed by atoms with Gasteiger partial charge in [0.2, 0.25) is 0 Å². The molecule has 0 radical (unpaired) electrons. The minimum Gasteiger partial charge on any atom is -0.290 e. The van der Waals surface area contributed by atoms with Gasteiger partial charge in [0.15, 0.2) is 0 Å². The molecule has 0 spiro atoms. The Morgan fingerprint density at radius 3 is 2.32 bits per heavy atom. The van der Waals surface area contributed by atoms with E-state index >= 15 is 0 Å². The monoisotopic (exact) mass is 259 g/mol. The summed E-state index contributed by atoms with van der Waals surface area (Å²) in [6, 6.07) is 10.4. The Balaban J connectivity index is 2.19. The second-order valence-electron chi connectivity index (χ2n) is 6.53. The molecule has 0 aliphatic carbocycles. The van der Waals surface area contributed by atoms with E-state index in [-0.39, 0.29) is 17.2 Å². The molecule has 1 aliphatic heterocycles. The Kier molecular flexibility index (Phi) is 3.84. The van der Waals surface area contributed by atoms with Gasteiger partial charge in [-0.25, -0.2) is 0 Å². The molecule has 19 heavy (non-hydrogen) atoms. The Labute approximate surface area is 117 Å². The zero-order valence-corrected chi connectivity index (χ0v) is 12.7. The molecule has 0 N–H and O–H groups in total. The van der Waals surface area contributed by atoms with Crippen LogP contribution in [0.25, 0.3) is 0 Å². The van der Waals surface area contributed by atoms with Crippen molar-refractivity contribution in [1.29, 1.82) is 0 Å². The zero-order chi connectivity index (χ0) is 14.1. The van der Waals surface area contributed by atoms with Gasteiger partial charge in [-0.1, -0.05) is 42.5 Å². The van der Waals surface area contributed by atoms with Gasteiger partial charge in [0.1, 0.15) is 6.10 Å². The number of nitrogens with zero attached hydrogens (tertiary/aromatic N) is 1. The molecule has 0 amide bonds. The number of hydroxylamine groups is 2. The molecular weight excluding hydrogens is 234 g/mol. The van der Waals surface area contributed by atoms with Crippen molar-refractivity contribution in [1.82, 2.24) is 5.06 Å². The fourth-order valence-electron chi connectivity index (χ4n) is 2.79. The molecule has 1 aromatic carbocycles. The molecule has 0 bridgehead atoms. The summed E-state index contributed by atoms with van der Waals surface area (Å²) in [4.78, 5) is 6.29. The van der Waals surface area contributed by atoms with Crippen LogP contribution in [0.2, 0.25) is 0 Å². The minimum absolute atomic E-state index is 0.0152. The average Bonchev–Trinajstić information content (AvgIpc) is 2.34. The summed E-state index contributed by atoms with van der Waals surface area (Å²) in [5.74, 6) is 0. The van der Waals surface area contributed by atoms with Gasteiger partial charge in [-0.2, -0.15) is 5.06 Å². The highest BCUT2D eigenvalue weighted by Crippen LogP contribution is 2.36. The second-order valence-corrected chi connectivity index (χ2v) is 6.53. The Bertz CT molecular complexity index is 448. The average molecular weight is 259 g/mol. The molecule has 104 valence electrons. The predicted molar refractivity (Wildman–Crippen MR) is 79.7 cm³/mol. The molecule has 1 heterocycles. The smallest absolute Gasteiger partial charge is 0.102 e. The van der Waals surface area contributed by atoms with Crippen LogP contribution in [-0.4, -0.2) is 16.1 Å². The van der Waals surface area contributed by atoms with E-state index < -0.39 is 0 Å². The molecule has 2 nitrogen and oxygen atoms in total. The first-order valence-electron chi connectivity index (χ1n) is 7.03. The lowest BCUT2D eigenvalue weighted by Gasteiger charge is -2.49. The molecular formula is C17H25NO. The summed E-state index contributed by atoms with van der Waals surface area (Å²) in [5.41, 5.74) is 1.15. The second kappa shape index (κ2) is 5.10. The van der Waals surface area contributed by atoms with E-state index in [1.165, 1.54) is 5.56 Å². The number of benzene rings is 1. The maximum absolute atomic E-state index is 6.29. The lowest BCUT2D eigenvalue weighted by atomic mass is 9.88. The van der Waals surface area contributed by atoms with E-state index in [2.05, 4.69) is 76.1 Å². The number of hydrogen-bond donors (Lipinski definition) is 0. The molecule has 1 atom stereocenters. The predicted octanol–water partition coefficient (Wildman–Crippen LogP) is 4.50. The van der Waals surface area contributed by atoms with Crippen LogP contribution in [0.3, 0.4) is 0 Å². The minimum atomic E-state index is -0.0786. The summed E-state index contributed by atoms with van der Waals surface area (Å²) in [6.07, 6.45) is 5.56. The van der Waals surface area contributed by atoms with E-state index in [1.807, 2.05) is 6.07 Å². The van der Waals surface area contributed by atoms with Crippen molar-refractivity contribution in [2.24, 2.45) is 0 Å². The molecule has 1 aromatic rings. The maximum atomic E-state index is 6.29. The summed E-state index contributed by atoms with van der Waals surface area (Å²) in [6.45, 7) is 11.0. The molecule has 0 saturated carbocycles. The quantitative estimate of drug-likeness (QED) is 0.741. The lowest BCUT2D eigenvalue weighted by Crippen LogP contribution is -2.56. The molecule has 2 heteroatoms. The lowest BCUT2D eigenvalue weighted by molar-refractivity contribution is -0.282. The van der Waals surface area contributed by atoms with E-state index in [1.54, 1.807) is 0 Å². The molecule has 2 rings (SSSR count). The van der Waals surface area contributed by atoms with Crippen molar-refractivity contribution >= 4 is 0 Å². The fourth-order valence-corrected chi connectivity index (χ4v) is 2.79. The van der Waals surface area contributed by atoms with Crippen molar-refractivity contribution in [3.8, 4) is 0 Å². The highest BCUT2D eigenvalue weighted by atomic mass is 16.7. The van der Waals surface area contributed by atoms with Crippen molar-refractivity contribution in [2.75, 3.05) is 0 Å². The fraction of sp³-hybridized carbons (Fsp3) is 0.529. The van der Waals surface area contributed by atoms with Crippen LogP contribution in [0.15, 0.2) is 42.5 Å². The third kappa shape index (κ3) is 3.07. The van der Waals surface area contributed by atoms with Crippen molar-refractivity contribution < 1.29 is 4.84 Å². The van der Waals surface area contributed by atoms with Gasteiger partial charge in [-0.15, -0.1) is 0 Å². The van der Waals surface area contributed by atoms with Crippen LogP contribution < -0.4 is 0 Å². The van der Waals surface area contributed by atoms with Crippen LogP contribution >= 0.6 is 0 Å². The third-order valence-corrected chi connectivity index (χ3v) is 3.75. The Morgan fingerprint density at radius 2 is 1.74 bits per heavy atom. The first-order chi connectivity index (χ1) is 8.83. The summed E-state index contributed by atoms with van der Waals surface area (Å²) in [7, 11) is 0. The van der Waals surface area contributed by atoms with Gasteiger partial charge in [-0.3, -0.25) is 4.84 Å². The number of rotatable bonds is 3. The van der Waals surface area contributed by atoms with Gasteiger partial charge in [0.05, 0.1) is 5.54 Å². The highest BCUT2D eigenvalue weighted by Gasteiger charge is 2.40. The molecule has 0 saturated heterocycles. The molecule has 0 fully saturated rings. The molecule has 1 aliphatic rings. The standard InChI is InChI=1S/C17H25NO/c1-14(15-10-7-6-8-11-15)19-18-16(2,3)12-9-13-17(18,4)5/h6-12,14H,13H2,1-5H3.